The molecule has 1 aliphatic rings. The van der Waals surface area contributed by atoms with E-state index in [4.69, 9.17) is 26.4 Å². The molecule has 1 saturated carbocycles. The zero-order valence-electron chi connectivity index (χ0n) is 19.3. The van der Waals surface area contributed by atoms with Gasteiger partial charge in [-0.15, -0.1) is 0 Å². The fourth-order valence-electron chi connectivity index (χ4n) is 4.15. The molecule has 178 valence electrons. The van der Waals surface area contributed by atoms with Crippen molar-refractivity contribution in [3.05, 3.63) is 42.7 Å². The quantitative estimate of drug-likeness (QED) is 0.445. The van der Waals surface area contributed by atoms with Crippen LogP contribution in [-0.2, 0) is 4.79 Å². The number of hydrogen-bond acceptors (Lipinski definition) is 7. The number of methoxy groups -OCH3 is 2. The van der Waals surface area contributed by atoms with Crippen LogP contribution in [0.5, 0.6) is 23.1 Å². The maximum atomic E-state index is 12.3. The highest BCUT2D eigenvalue weighted by Crippen LogP contribution is 2.35. The van der Waals surface area contributed by atoms with E-state index in [1.54, 1.807) is 38.5 Å². The lowest BCUT2D eigenvalue weighted by molar-refractivity contribution is -0.120. The third kappa shape index (κ3) is 5.91. The number of anilines is 1. The van der Waals surface area contributed by atoms with E-state index in [-0.39, 0.29) is 11.0 Å². The van der Waals surface area contributed by atoms with E-state index in [0.29, 0.717) is 46.4 Å². The van der Waals surface area contributed by atoms with Gasteiger partial charge >= 0.3 is 0 Å². The van der Waals surface area contributed by atoms with Gasteiger partial charge in [-0.1, -0.05) is 19.3 Å². The number of rotatable bonds is 7. The molecule has 0 bridgehead atoms. The number of nitrogens with zero attached hydrogens (tertiary/aromatic N) is 2. The van der Waals surface area contributed by atoms with Crippen LogP contribution in [0.15, 0.2) is 42.7 Å². The van der Waals surface area contributed by atoms with Gasteiger partial charge in [-0.3, -0.25) is 4.79 Å². The topological polar surface area (TPSA) is 94.6 Å². The average molecular weight is 481 g/mol. The Morgan fingerprint density at radius 1 is 1.03 bits per heavy atom. The number of ether oxygens (including phenoxy) is 3. The molecule has 1 aliphatic carbocycles. The van der Waals surface area contributed by atoms with E-state index < -0.39 is 0 Å². The molecule has 1 fully saturated rings. The van der Waals surface area contributed by atoms with Crippen LogP contribution in [-0.4, -0.2) is 35.2 Å². The van der Waals surface area contributed by atoms with E-state index in [1.165, 1.54) is 25.6 Å². The standard InChI is InChI=1S/C25H28N4O4S/c1-31-21-13-19-20(14-22(21)32-2)26-15-27-24(19)33-18-10-8-17(9-11-18)28-25(34)29-23(30)12-16-6-4-3-5-7-16/h8-11,13-16H,3-7,12H2,1-2H3,(H2,28,29,30,34). The molecule has 34 heavy (non-hydrogen) atoms. The van der Waals surface area contributed by atoms with Crippen molar-refractivity contribution >= 4 is 39.8 Å². The zero-order valence-corrected chi connectivity index (χ0v) is 20.1. The van der Waals surface area contributed by atoms with Crippen molar-refractivity contribution in [1.82, 2.24) is 15.3 Å². The lowest BCUT2D eigenvalue weighted by atomic mass is 9.87. The number of hydrogen-bond donors (Lipinski definition) is 2. The van der Waals surface area contributed by atoms with Gasteiger partial charge in [-0.2, -0.15) is 0 Å². The second-order valence-corrected chi connectivity index (χ2v) is 8.65. The first-order valence-electron chi connectivity index (χ1n) is 11.3. The van der Waals surface area contributed by atoms with Gasteiger partial charge in [0.15, 0.2) is 16.6 Å². The number of carbonyl (C=O) groups excluding carboxylic acids is 1. The Morgan fingerprint density at radius 2 is 1.74 bits per heavy atom. The van der Waals surface area contributed by atoms with Crippen LogP contribution < -0.4 is 24.8 Å². The normalized spacial score (nSPS) is 13.8. The van der Waals surface area contributed by atoms with Crippen molar-refractivity contribution in [2.24, 2.45) is 5.92 Å². The molecule has 0 atom stereocenters. The van der Waals surface area contributed by atoms with Crippen LogP contribution in [0.2, 0.25) is 0 Å². The highest BCUT2D eigenvalue weighted by molar-refractivity contribution is 7.80. The summed E-state index contributed by atoms with van der Waals surface area (Å²) in [5.41, 5.74) is 1.42. The Hall–Kier alpha value is -3.46. The summed E-state index contributed by atoms with van der Waals surface area (Å²) < 4.78 is 16.7. The molecule has 1 heterocycles. The second kappa shape index (κ2) is 11.1. The minimum absolute atomic E-state index is 0.0351. The molecule has 0 unspecified atom stereocenters. The third-order valence-corrected chi connectivity index (χ3v) is 6.09. The molecule has 0 saturated heterocycles. The van der Waals surface area contributed by atoms with Gasteiger partial charge in [0.1, 0.15) is 12.1 Å². The summed E-state index contributed by atoms with van der Waals surface area (Å²) in [5.74, 6) is 2.56. The van der Waals surface area contributed by atoms with Crippen molar-refractivity contribution in [1.29, 1.82) is 0 Å². The average Bonchev–Trinajstić information content (AvgIpc) is 2.85. The van der Waals surface area contributed by atoms with Gasteiger partial charge in [0.05, 0.1) is 25.1 Å². The number of nitrogens with one attached hydrogen (secondary N) is 2. The highest BCUT2D eigenvalue weighted by Gasteiger charge is 2.17. The molecule has 1 aromatic heterocycles. The number of amides is 1. The van der Waals surface area contributed by atoms with E-state index in [2.05, 4.69) is 20.6 Å². The number of benzene rings is 2. The van der Waals surface area contributed by atoms with Gasteiger partial charge in [-0.05, 0) is 61.3 Å². The van der Waals surface area contributed by atoms with E-state index in [9.17, 15) is 4.79 Å². The first kappa shape index (κ1) is 23.7. The Balaban J connectivity index is 1.37. The summed E-state index contributed by atoms with van der Waals surface area (Å²) >= 11 is 5.30. The summed E-state index contributed by atoms with van der Waals surface area (Å²) in [4.78, 5) is 20.8. The van der Waals surface area contributed by atoms with Crippen LogP contribution in [0.3, 0.4) is 0 Å². The molecule has 0 spiro atoms. The van der Waals surface area contributed by atoms with Gasteiger partial charge in [0.2, 0.25) is 11.8 Å². The molecule has 0 aliphatic heterocycles. The van der Waals surface area contributed by atoms with E-state index >= 15 is 0 Å². The monoisotopic (exact) mass is 480 g/mol. The van der Waals surface area contributed by atoms with Crippen LogP contribution in [0.1, 0.15) is 38.5 Å². The fourth-order valence-corrected chi connectivity index (χ4v) is 4.38. The Labute approximate surface area is 204 Å². The van der Waals surface area contributed by atoms with Crippen LogP contribution in [0, 0.1) is 5.92 Å². The van der Waals surface area contributed by atoms with Crippen LogP contribution >= 0.6 is 12.2 Å². The van der Waals surface area contributed by atoms with Crippen molar-refractivity contribution in [3.63, 3.8) is 0 Å². The van der Waals surface area contributed by atoms with Crippen molar-refractivity contribution in [2.45, 2.75) is 38.5 Å². The molecule has 2 N–H and O–H groups in total. The Kier molecular flexibility index (Phi) is 7.74. The summed E-state index contributed by atoms with van der Waals surface area (Å²) in [6.07, 6.45) is 7.90. The van der Waals surface area contributed by atoms with Crippen molar-refractivity contribution in [3.8, 4) is 23.1 Å². The summed E-state index contributed by atoms with van der Waals surface area (Å²) in [6.45, 7) is 0. The maximum Gasteiger partial charge on any atom is 0.230 e. The molecule has 1 amide bonds. The lowest BCUT2D eigenvalue weighted by Gasteiger charge is -2.21. The van der Waals surface area contributed by atoms with Crippen molar-refractivity contribution < 1.29 is 19.0 Å². The molecular weight excluding hydrogens is 452 g/mol. The molecule has 4 rings (SSSR count). The number of carbonyl (C=O) groups is 1. The SMILES string of the molecule is COc1cc2ncnc(Oc3ccc(NC(=S)NC(=O)CC4CCCCC4)cc3)c2cc1OC. The van der Waals surface area contributed by atoms with Gasteiger partial charge < -0.3 is 24.8 Å². The highest BCUT2D eigenvalue weighted by atomic mass is 32.1. The largest absolute Gasteiger partial charge is 0.493 e. The Bertz CT molecular complexity index is 1160. The van der Waals surface area contributed by atoms with E-state index in [1.807, 2.05) is 12.1 Å². The predicted octanol–water partition coefficient (Wildman–Crippen LogP) is 5.22. The Morgan fingerprint density at radius 3 is 2.44 bits per heavy atom. The molecular formula is C25H28N4O4S. The number of aromatic nitrogens is 2. The minimum Gasteiger partial charge on any atom is -0.493 e. The molecule has 8 nitrogen and oxygen atoms in total. The fraction of sp³-hybridized carbons (Fsp3) is 0.360. The minimum atomic E-state index is -0.0351. The van der Waals surface area contributed by atoms with Crippen LogP contribution in [0.25, 0.3) is 10.9 Å². The first-order chi connectivity index (χ1) is 16.6. The second-order valence-electron chi connectivity index (χ2n) is 8.24. The molecule has 0 radical (unpaired) electrons. The van der Waals surface area contributed by atoms with Gasteiger partial charge in [-0.25, -0.2) is 9.97 Å². The summed E-state index contributed by atoms with van der Waals surface area (Å²) in [7, 11) is 3.15. The smallest absolute Gasteiger partial charge is 0.230 e. The van der Waals surface area contributed by atoms with Gasteiger partial charge in [0.25, 0.3) is 0 Å². The van der Waals surface area contributed by atoms with Crippen LogP contribution in [0.4, 0.5) is 5.69 Å². The first-order valence-corrected chi connectivity index (χ1v) is 11.7. The third-order valence-electron chi connectivity index (χ3n) is 5.88. The molecule has 9 heteroatoms. The molecule has 3 aromatic rings. The number of fused-ring (bicyclic) bond motifs is 1. The lowest BCUT2D eigenvalue weighted by Crippen LogP contribution is -2.35. The molecule has 2 aromatic carbocycles. The number of thiocarbonyl (C=S) groups is 1. The maximum absolute atomic E-state index is 12.3. The van der Waals surface area contributed by atoms with E-state index in [0.717, 1.165) is 18.5 Å². The predicted molar refractivity (Wildman–Crippen MR) is 135 cm³/mol. The summed E-state index contributed by atoms with van der Waals surface area (Å²) in [5, 5.41) is 6.82. The summed E-state index contributed by atoms with van der Waals surface area (Å²) in [6, 6.07) is 10.8. The van der Waals surface area contributed by atoms with Crippen molar-refractivity contribution in [2.75, 3.05) is 19.5 Å². The zero-order chi connectivity index (χ0) is 23.9. The van der Waals surface area contributed by atoms with Gasteiger partial charge in [0, 0.05) is 18.2 Å².